The lowest BCUT2D eigenvalue weighted by Crippen LogP contribution is -2.34. The fraction of sp³-hybridized carbons (Fsp3) is 0.111. The van der Waals surface area contributed by atoms with E-state index in [0.717, 1.165) is 30.5 Å². The predicted octanol–water partition coefficient (Wildman–Crippen LogP) is 3.75. The number of hydrogen-bond donors (Lipinski definition) is 3. The summed E-state index contributed by atoms with van der Waals surface area (Å²) in [4.78, 5) is 22.3. The molecule has 1 aromatic heterocycles. The number of nitro benzene ring substituents is 1. The minimum absolute atomic E-state index is 0.0661. The van der Waals surface area contributed by atoms with Gasteiger partial charge in [0, 0.05) is 24.3 Å². The van der Waals surface area contributed by atoms with Gasteiger partial charge in [-0.3, -0.25) is 14.9 Å². The van der Waals surface area contributed by atoms with Crippen molar-refractivity contribution in [3.05, 3.63) is 58.5 Å². The number of carbonyl (C=O) groups is 1. The lowest BCUT2D eigenvalue weighted by Gasteiger charge is -2.13. The standard InChI is InChI=1S/C18H12F3N3O7/c19-18(20,21)8-22-17(27)16-12(7-30-23-16)15-13(26)5-10(25)6-14(15)31-11-3-1-9(2-4-11)24(28)29/h1-7,25-26H,8H2,(H,22,27). The number of ether oxygens (including phenoxy) is 1. The normalized spacial score (nSPS) is 11.2. The Bertz CT molecular complexity index is 1130. The number of aromatic nitrogens is 1. The van der Waals surface area contributed by atoms with E-state index < -0.39 is 40.7 Å². The van der Waals surface area contributed by atoms with Gasteiger partial charge < -0.3 is 24.8 Å². The Morgan fingerprint density at radius 3 is 2.52 bits per heavy atom. The van der Waals surface area contributed by atoms with Gasteiger partial charge in [-0.05, 0) is 12.1 Å². The maximum atomic E-state index is 12.4. The number of halogens is 3. The first-order valence-electron chi connectivity index (χ1n) is 8.33. The van der Waals surface area contributed by atoms with Crippen molar-refractivity contribution in [2.24, 2.45) is 0 Å². The molecule has 0 fully saturated rings. The molecule has 0 unspecified atom stereocenters. The minimum Gasteiger partial charge on any atom is -0.508 e. The highest BCUT2D eigenvalue weighted by atomic mass is 19.4. The van der Waals surface area contributed by atoms with E-state index in [1.54, 1.807) is 5.32 Å². The van der Waals surface area contributed by atoms with Crippen LogP contribution in [0.1, 0.15) is 10.5 Å². The lowest BCUT2D eigenvalue weighted by atomic mass is 10.0. The number of hydrogen-bond acceptors (Lipinski definition) is 8. The molecule has 3 aromatic rings. The molecular formula is C18H12F3N3O7. The van der Waals surface area contributed by atoms with E-state index in [1.165, 1.54) is 12.1 Å². The van der Waals surface area contributed by atoms with Crippen molar-refractivity contribution in [1.29, 1.82) is 0 Å². The Kier molecular flexibility index (Phi) is 5.68. The molecule has 0 aliphatic carbocycles. The van der Waals surface area contributed by atoms with Crippen molar-refractivity contribution >= 4 is 11.6 Å². The van der Waals surface area contributed by atoms with Crippen LogP contribution >= 0.6 is 0 Å². The van der Waals surface area contributed by atoms with Crippen LogP contribution in [0.3, 0.4) is 0 Å². The van der Waals surface area contributed by atoms with Gasteiger partial charge in [0.15, 0.2) is 5.69 Å². The first kappa shape index (κ1) is 21.4. The number of alkyl halides is 3. The molecule has 0 spiro atoms. The number of nitro groups is 1. The van der Waals surface area contributed by atoms with Crippen molar-refractivity contribution in [1.82, 2.24) is 10.5 Å². The topological polar surface area (TPSA) is 148 Å². The quantitative estimate of drug-likeness (QED) is 0.389. The number of benzene rings is 2. The second-order valence-corrected chi connectivity index (χ2v) is 6.07. The summed E-state index contributed by atoms with van der Waals surface area (Å²) in [5.74, 6) is -2.41. The van der Waals surface area contributed by atoms with Crippen molar-refractivity contribution in [3.8, 4) is 34.1 Å². The number of nitrogens with zero attached hydrogens (tertiary/aromatic N) is 2. The van der Waals surface area contributed by atoms with Crippen LogP contribution in [0, 0.1) is 10.1 Å². The van der Waals surface area contributed by atoms with Gasteiger partial charge >= 0.3 is 6.18 Å². The largest absolute Gasteiger partial charge is 0.508 e. The number of rotatable bonds is 6. The molecule has 10 nitrogen and oxygen atoms in total. The molecule has 0 aliphatic heterocycles. The van der Waals surface area contributed by atoms with E-state index in [2.05, 4.69) is 9.68 Å². The van der Waals surface area contributed by atoms with Crippen LogP contribution in [0.5, 0.6) is 23.0 Å². The summed E-state index contributed by atoms with van der Waals surface area (Å²) < 4.78 is 47.4. The van der Waals surface area contributed by atoms with E-state index in [0.29, 0.717) is 0 Å². The van der Waals surface area contributed by atoms with Gasteiger partial charge in [0.05, 0.1) is 16.1 Å². The average molecular weight is 439 g/mol. The van der Waals surface area contributed by atoms with Crippen LogP contribution in [-0.4, -0.2) is 38.9 Å². The number of amides is 1. The van der Waals surface area contributed by atoms with E-state index in [-0.39, 0.29) is 28.3 Å². The zero-order chi connectivity index (χ0) is 22.8. The number of non-ortho nitro benzene ring substituents is 1. The van der Waals surface area contributed by atoms with E-state index >= 15 is 0 Å². The molecular weight excluding hydrogens is 427 g/mol. The van der Waals surface area contributed by atoms with Gasteiger partial charge in [0.2, 0.25) is 0 Å². The Balaban J connectivity index is 1.99. The molecule has 0 saturated heterocycles. The summed E-state index contributed by atoms with van der Waals surface area (Å²) in [6, 6.07) is 6.74. The fourth-order valence-corrected chi connectivity index (χ4v) is 2.54. The van der Waals surface area contributed by atoms with E-state index in [1.807, 2.05) is 0 Å². The molecule has 162 valence electrons. The van der Waals surface area contributed by atoms with Gasteiger partial charge in [-0.2, -0.15) is 13.2 Å². The molecule has 0 bridgehead atoms. The van der Waals surface area contributed by atoms with Gasteiger partial charge in [0.1, 0.15) is 35.8 Å². The Labute approximate surface area is 170 Å². The van der Waals surface area contributed by atoms with Crippen LogP contribution < -0.4 is 10.1 Å². The Morgan fingerprint density at radius 2 is 1.90 bits per heavy atom. The maximum Gasteiger partial charge on any atom is 0.405 e. The molecule has 1 heterocycles. The summed E-state index contributed by atoms with van der Waals surface area (Å²) in [7, 11) is 0. The maximum absolute atomic E-state index is 12.4. The second-order valence-electron chi connectivity index (χ2n) is 6.07. The minimum atomic E-state index is -4.66. The third-order valence-corrected chi connectivity index (χ3v) is 3.84. The molecule has 0 radical (unpaired) electrons. The monoisotopic (exact) mass is 439 g/mol. The molecule has 0 aliphatic rings. The van der Waals surface area contributed by atoms with Gasteiger partial charge in [-0.15, -0.1) is 0 Å². The lowest BCUT2D eigenvalue weighted by molar-refractivity contribution is -0.384. The van der Waals surface area contributed by atoms with Crippen molar-refractivity contribution in [2.45, 2.75) is 6.18 Å². The smallest absolute Gasteiger partial charge is 0.405 e. The molecule has 2 aromatic carbocycles. The first-order valence-corrected chi connectivity index (χ1v) is 8.33. The second kappa shape index (κ2) is 8.22. The fourth-order valence-electron chi connectivity index (χ4n) is 2.54. The number of carbonyl (C=O) groups excluding carboxylic acids is 1. The molecule has 1 amide bonds. The molecule has 31 heavy (non-hydrogen) atoms. The van der Waals surface area contributed by atoms with Crippen molar-refractivity contribution in [2.75, 3.05) is 6.54 Å². The molecule has 3 rings (SSSR count). The third-order valence-electron chi connectivity index (χ3n) is 3.84. The predicted molar refractivity (Wildman–Crippen MR) is 96.8 cm³/mol. The van der Waals surface area contributed by atoms with Crippen LogP contribution in [0.4, 0.5) is 18.9 Å². The summed E-state index contributed by atoms with van der Waals surface area (Å²) in [6.07, 6.45) is -3.76. The van der Waals surface area contributed by atoms with Gasteiger partial charge in [-0.1, -0.05) is 5.16 Å². The van der Waals surface area contributed by atoms with Crippen molar-refractivity contribution in [3.63, 3.8) is 0 Å². The zero-order valence-electron chi connectivity index (χ0n) is 15.2. The van der Waals surface area contributed by atoms with E-state index in [9.17, 15) is 38.3 Å². The number of phenols is 2. The van der Waals surface area contributed by atoms with Gasteiger partial charge in [-0.25, -0.2) is 0 Å². The number of phenolic OH excluding ortho intramolecular Hbond substituents is 2. The average Bonchev–Trinajstić information content (AvgIpc) is 3.15. The summed E-state index contributed by atoms with van der Waals surface area (Å²) in [6.45, 7) is -1.62. The summed E-state index contributed by atoms with van der Waals surface area (Å²) >= 11 is 0. The molecule has 3 N–H and O–H groups in total. The Morgan fingerprint density at radius 1 is 1.23 bits per heavy atom. The van der Waals surface area contributed by atoms with E-state index in [4.69, 9.17) is 4.74 Å². The summed E-state index contributed by atoms with van der Waals surface area (Å²) in [5, 5.41) is 35.9. The number of nitrogens with one attached hydrogen (secondary N) is 1. The van der Waals surface area contributed by atoms with Crippen molar-refractivity contribution < 1.29 is 42.4 Å². The van der Waals surface area contributed by atoms with Crippen LogP contribution in [0.25, 0.3) is 11.1 Å². The van der Waals surface area contributed by atoms with Crippen LogP contribution in [0.2, 0.25) is 0 Å². The van der Waals surface area contributed by atoms with Crippen LogP contribution in [-0.2, 0) is 0 Å². The SMILES string of the molecule is O=C(NCC(F)(F)F)c1nocc1-c1c(O)cc(O)cc1Oc1ccc([N+](=O)[O-])cc1. The highest BCUT2D eigenvalue weighted by Gasteiger charge is 2.30. The molecule has 0 saturated carbocycles. The Hall–Kier alpha value is -4.29. The van der Waals surface area contributed by atoms with Gasteiger partial charge in [0.25, 0.3) is 11.6 Å². The zero-order valence-corrected chi connectivity index (χ0v) is 15.2. The highest BCUT2D eigenvalue weighted by molar-refractivity contribution is 6.00. The number of aromatic hydroxyl groups is 2. The highest BCUT2D eigenvalue weighted by Crippen LogP contribution is 2.44. The first-order chi connectivity index (χ1) is 14.5. The third kappa shape index (κ3) is 5.01. The summed E-state index contributed by atoms with van der Waals surface area (Å²) in [5.41, 5.74) is -1.21. The van der Waals surface area contributed by atoms with Crippen LogP contribution in [0.15, 0.2) is 47.2 Å². The molecule has 13 heteroatoms. The molecule has 0 atom stereocenters.